The topological polar surface area (TPSA) is 124 Å². The minimum atomic E-state index is -1.77. The van der Waals surface area contributed by atoms with Crippen molar-refractivity contribution < 1.29 is 38.0 Å². The Labute approximate surface area is 243 Å². The van der Waals surface area contributed by atoms with Crippen LogP contribution in [0.4, 0.5) is 0 Å². The molecule has 2 aliphatic heterocycles. The third-order valence-electron chi connectivity index (χ3n) is 7.36. The number of nitrogens with zero attached hydrogens (tertiary/aromatic N) is 2. The normalized spacial score (nSPS) is 17.0. The number of carbonyl (C=O) groups excluding carboxylic acids is 2. The fraction of sp³-hybridized carbons (Fsp3) is 0.484. The Morgan fingerprint density at radius 1 is 0.952 bits per heavy atom. The molecule has 3 aromatic rings. The summed E-state index contributed by atoms with van der Waals surface area (Å²) in [7, 11) is 0. The number of rotatable bonds is 15. The van der Waals surface area contributed by atoms with Gasteiger partial charge in [0, 0.05) is 23.1 Å². The number of fused-ring (bicyclic) bond motifs is 5. The van der Waals surface area contributed by atoms with E-state index in [0.29, 0.717) is 55.5 Å². The van der Waals surface area contributed by atoms with E-state index in [9.17, 15) is 14.4 Å². The van der Waals surface area contributed by atoms with E-state index in [-0.39, 0.29) is 38.4 Å². The van der Waals surface area contributed by atoms with Crippen LogP contribution in [0.15, 0.2) is 41.2 Å². The van der Waals surface area contributed by atoms with Crippen molar-refractivity contribution in [3.63, 3.8) is 0 Å². The zero-order chi connectivity index (χ0) is 29.5. The number of pyridine rings is 2. The van der Waals surface area contributed by atoms with Gasteiger partial charge >= 0.3 is 11.9 Å². The van der Waals surface area contributed by atoms with E-state index >= 15 is 0 Å². The molecule has 224 valence electrons. The van der Waals surface area contributed by atoms with Crippen molar-refractivity contribution in [3.8, 4) is 11.4 Å². The maximum absolute atomic E-state index is 13.6. The lowest BCUT2D eigenvalue weighted by molar-refractivity contribution is -0.192. The van der Waals surface area contributed by atoms with E-state index < -0.39 is 17.5 Å². The summed E-state index contributed by atoms with van der Waals surface area (Å²) in [6, 6.07) is 11.5. The first-order chi connectivity index (χ1) is 20.5. The van der Waals surface area contributed by atoms with Crippen LogP contribution in [0.1, 0.15) is 43.4 Å². The maximum atomic E-state index is 13.6. The Morgan fingerprint density at radius 3 is 2.36 bits per heavy atom. The summed E-state index contributed by atoms with van der Waals surface area (Å²) in [4.78, 5) is 44.4. The SMILES string of the molecule is CCCOCCOCCOCCOCC(=O)O[C@]1(CC)C(=O)OCc2c1cc1n(c2=O)Cc2cc3ccccc3nc2-1. The minimum absolute atomic E-state index is 0.0814. The lowest BCUT2D eigenvalue weighted by atomic mass is 9.85. The first-order valence-corrected chi connectivity index (χ1v) is 14.3. The molecule has 0 radical (unpaired) electrons. The molecular formula is C31H36N2O9. The van der Waals surface area contributed by atoms with Gasteiger partial charge in [-0.1, -0.05) is 32.0 Å². The van der Waals surface area contributed by atoms with E-state index in [0.717, 1.165) is 29.5 Å². The number of hydrogen-bond donors (Lipinski definition) is 0. The molecule has 0 saturated heterocycles. The third kappa shape index (κ3) is 6.10. The summed E-state index contributed by atoms with van der Waals surface area (Å²) in [6.07, 6.45) is 1.05. The summed E-state index contributed by atoms with van der Waals surface area (Å²) in [5.74, 6) is -1.47. The third-order valence-corrected chi connectivity index (χ3v) is 7.36. The van der Waals surface area contributed by atoms with E-state index in [1.165, 1.54) is 0 Å². The molecule has 0 amide bonds. The molecule has 4 heterocycles. The van der Waals surface area contributed by atoms with E-state index in [1.807, 2.05) is 37.3 Å². The summed E-state index contributed by atoms with van der Waals surface area (Å²) in [6.45, 7) is 6.54. The zero-order valence-electron chi connectivity index (χ0n) is 24.0. The van der Waals surface area contributed by atoms with E-state index in [4.69, 9.17) is 33.4 Å². The number of carbonyl (C=O) groups is 2. The molecule has 0 bridgehead atoms. The van der Waals surface area contributed by atoms with Crippen LogP contribution >= 0.6 is 0 Å². The molecule has 0 unspecified atom stereocenters. The van der Waals surface area contributed by atoms with Gasteiger partial charge in [-0.3, -0.25) is 4.79 Å². The van der Waals surface area contributed by atoms with Gasteiger partial charge < -0.3 is 33.0 Å². The number of esters is 2. The number of para-hydroxylation sites is 1. The van der Waals surface area contributed by atoms with Gasteiger partial charge in [0.15, 0.2) is 0 Å². The molecule has 11 heteroatoms. The largest absolute Gasteiger partial charge is 0.457 e. The minimum Gasteiger partial charge on any atom is -0.457 e. The van der Waals surface area contributed by atoms with Gasteiger partial charge in [0.1, 0.15) is 13.2 Å². The van der Waals surface area contributed by atoms with Crippen LogP contribution in [0, 0.1) is 0 Å². The second kappa shape index (κ2) is 13.6. The fourth-order valence-electron chi connectivity index (χ4n) is 5.27. The van der Waals surface area contributed by atoms with Gasteiger partial charge in [0.25, 0.3) is 5.56 Å². The highest BCUT2D eigenvalue weighted by Gasteiger charge is 2.50. The van der Waals surface area contributed by atoms with Gasteiger partial charge in [-0.2, -0.15) is 0 Å². The molecule has 0 fully saturated rings. The van der Waals surface area contributed by atoms with E-state index in [1.54, 1.807) is 17.6 Å². The summed E-state index contributed by atoms with van der Waals surface area (Å²) < 4.78 is 34.4. The van der Waals surface area contributed by atoms with Crippen LogP contribution in [0.5, 0.6) is 0 Å². The van der Waals surface area contributed by atoms with Crippen LogP contribution in [0.3, 0.4) is 0 Å². The van der Waals surface area contributed by atoms with Gasteiger partial charge in [-0.15, -0.1) is 0 Å². The molecule has 11 nitrogen and oxygen atoms in total. The van der Waals surface area contributed by atoms with Crippen molar-refractivity contribution in [2.45, 2.75) is 45.4 Å². The summed E-state index contributed by atoms with van der Waals surface area (Å²) >= 11 is 0. The first-order valence-electron chi connectivity index (χ1n) is 14.3. The molecule has 5 rings (SSSR count). The Kier molecular flexibility index (Phi) is 9.63. The molecule has 1 atom stereocenters. The van der Waals surface area contributed by atoms with Gasteiger partial charge in [-0.25, -0.2) is 14.6 Å². The Balaban J connectivity index is 1.23. The van der Waals surface area contributed by atoms with Gasteiger partial charge in [0.05, 0.1) is 68.7 Å². The van der Waals surface area contributed by atoms with Crippen LogP contribution < -0.4 is 5.56 Å². The molecule has 42 heavy (non-hydrogen) atoms. The molecule has 2 aromatic heterocycles. The van der Waals surface area contributed by atoms with Gasteiger partial charge in [-0.05, 0) is 31.0 Å². The highest BCUT2D eigenvalue weighted by molar-refractivity contribution is 5.88. The molecular weight excluding hydrogens is 544 g/mol. The molecule has 0 aliphatic carbocycles. The van der Waals surface area contributed by atoms with Crippen LogP contribution in [0.25, 0.3) is 22.3 Å². The molecule has 2 aliphatic rings. The molecule has 0 spiro atoms. The van der Waals surface area contributed by atoms with Gasteiger partial charge in [0.2, 0.25) is 5.60 Å². The monoisotopic (exact) mass is 580 g/mol. The lowest BCUT2D eigenvalue weighted by Crippen LogP contribution is -2.48. The van der Waals surface area contributed by atoms with Crippen LogP contribution in [-0.2, 0) is 56.8 Å². The van der Waals surface area contributed by atoms with Crippen LogP contribution in [-0.4, -0.2) is 74.3 Å². The average molecular weight is 581 g/mol. The number of benzene rings is 1. The summed E-state index contributed by atoms with van der Waals surface area (Å²) in [5, 5.41) is 0.976. The quantitative estimate of drug-likeness (QED) is 0.153. The van der Waals surface area contributed by atoms with Crippen molar-refractivity contribution in [1.29, 1.82) is 0 Å². The predicted molar refractivity (Wildman–Crippen MR) is 152 cm³/mol. The Morgan fingerprint density at radius 2 is 1.64 bits per heavy atom. The maximum Gasteiger partial charge on any atom is 0.355 e. The average Bonchev–Trinajstić information content (AvgIpc) is 3.35. The van der Waals surface area contributed by atoms with E-state index in [2.05, 4.69) is 0 Å². The zero-order valence-corrected chi connectivity index (χ0v) is 24.0. The standard InChI is InChI=1S/C31H36N2O9/c1-3-9-37-10-11-38-12-13-39-14-15-40-20-27(34)42-31(4-2)24-17-26-28-22(16-21-7-5-6-8-25(21)32-28)18-33(26)29(35)23(24)19-41-30(31)36/h5-8,16-17H,3-4,9-15,18-20H2,1-2H3/t31-/m0/s1. The second-order valence-corrected chi connectivity index (χ2v) is 10.1. The number of aromatic nitrogens is 2. The first kappa shape index (κ1) is 29.8. The molecule has 0 N–H and O–H groups in total. The number of ether oxygens (including phenoxy) is 6. The smallest absolute Gasteiger partial charge is 0.355 e. The van der Waals surface area contributed by atoms with Crippen molar-refractivity contribution in [2.24, 2.45) is 0 Å². The number of cyclic esters (lactones) is 1. The van der Waals surface area contributed by atoms with Crippen molar-refractivity contribution in [3.05, 3.63) is 63.4 Å². The van der Waals surface area contributed by atoms with Crippen LogP contribution in [0.2, 0.25) is 0 Å². The Bertz CT molecular complexity index is 1500. The lowest BCUT2D eigenvalue weighted by Gasteiger charge is -2.35. The fourth-order valence-corrected chi connectivity index (χ4v) is 5.27. The van der Waals surface area contributed by atoms with Crippen molar-refractivity contribution in [2.75, 3.05) is 52.9 Å². The second-order valence-electron chi connectivity index (χ2n) is 10.1. The Hall–Kier alpha value is -3.64. The van der Waals surface area contributed by atoms with Crippen molar-refractivity contribution in [1.82, 2.24) is 9.55 Å². The number of hydrogen-bond acceptors (Lipinski definition) is 10. The molecule has 1 aromatic carbocycles. The predicted octanol–water partition coefficient (Wildman–Crippen LogP) is 3.11. The highest BCUT2D eigenvalue weighted by atomic mass is 16.6. The highest BCUT2D eigenvalue weighted by Crippen LogP contribution is 2.40. The molecule has 0 saturated carbocycles. The van der Waals surface area contributed by atoms with Crippen molar-refractivity contribution >= 4 is 22.8 Å². The summed E-state index contributed by atoms with van der Waals surface area (Å²) in [5.41, 5.74) is 1.51.